The van der Waals surface area contributed by atoms with E-state index in [4.69, 9.17) is 28.4 Å². The molecule has 3 saturated carbocycles. The van der Waals surface area contributed by atoms with E-state index in [1.807, 2.05) is 0 Å². The second-order valence-electron chi connectivity index (χ2n) is 23.0. The fourth-order valence-electron chi connectivity index (χ4n) is 14.2. The third-order valence-corrected chi connectivity index (χ3v) is 18.8. The average Bonchev–Trinajstić information content (AvgIpc) is 3.55. The summed E-state index contributed by atoms with van der Waals surface area (Å²) in [5, 5.41) is 138. The van der Waals surface area contributed by atoms with Crippen molar-refractivity contribution in [2.75, 3.05) is 19.8 Å². The maximum absolute atomic E-state index is 12.6. The topological polar surface area (TPSA) is 318 Å². The predicted molar refractivity (Wildman–Crippen MR) is 235 cm³/mol. The fraction of sp³-hybridized carbons (Fsp3) is 0.958. The molecule has 3 saturated heterocycles. The zero-order chi connectivity index (χ0) is 49.5. The molecule has 25 atom stereocenters. The predicted octanol–water partition coefficient (Wildman–Crippen LogP) is -1.06. The lowest BCUT2D eigenvalue weighted by Crippen LogP contribution is -2.66. The van der Waals surface area contributed by atoms with Crippen LogP contribution in [0, 0.1) is 45.3 Å². The van der Waals surface area contributed by atoms with Crippen molar-refractivity contribution in [2.45, 2.75) is 223 Å². The molecule has 0 aromatic carbocycles. The van der Waals surface area contributed by atoms with Crippen LogP contribution in [-0.2, 0) is 28.4 Å². The summed E-state index contributed by atoms with van der Waals surface area (Å²) in [7, 11) is 0. The van der Waals surface area contributed by atoms with Crippen LogP contribution < -0.4 is 0 Å². The van der Waals surface area contributed by atoms with Gasteiger partial charge in [0.1, 0.15) is 73.2 Å². The van der Waals surface area contributed by atoms with Crippen LogP contribution in [0.3, 0.4) is 0 Å². The van der Waals surface area contributed by atoms with Crippen LogP contribution >= 0.6 is 0 Å². The van der Waals surface area contributed by atoms with Crippen molar-refractivity contribution >= 4 is 0 Å². The molecule has 0 spiro atoms. The highest BCUT2D eigenvalue weighted by molar-refractivity contribution is 5.32. The molecule has 19 nitrogen and oxygen atoms in total. The quantitative estimate of drug-likeness (QED) is 0.0924. The van der Waals surface area contributed by atoms with Crippen molar-refractivity contribution in [2.24, 2.45) is 45.3 Å². The third-order valence-electron chi connectivity index (χ3n) is 18.8. The van der Waals surface area contributed by atoms with Crippen LogP contribution in [-0.4, -0.2) is 202 Å². The molecule has 6 fully saturated rings. The van der Waals surface area contributed by atoms with E-state index in [2.05, 4.69) is 47.6 Å². The third kappa shape index (κ3) is 9.03. The molecule has 0 aromatic heterocycles. The normalized spacial score (nSPS) is 51.0. The van der Waals surface area contributed by atoms with Crippen LogP contribution in [0.5, 0.6) is 0 Å². The van der Waals surface area contributed by atoms with Gasteiger partial charge in [-0.05, 0) is 99.7 Å². The molecule has 3 heterocycles. The Labute approximate surface area is 393 Å². The molecule has 0 amide bonds. The van der Waals surface area contributed by atoms with Gasteiger partial charge in [0.2, 0.25) is 0 Å². The smallest absolute Gasteiger partial charge is 0.187 e. The van der Waals surface area contributed by atoms with Crippen LogP contribution in [0.4, 0.5) is 0 Å². The Morgan fingerprint density at radius 1 is 0.657 bits per heavy atom. The standard InChI is InChI=1S/C48H82O19/c1-21(9-13-29(52)45(4,5)67-42-39(61)36(58)33(55)26(19-50)63-42)22-15-16-46(6)28-12-10-23-24(48(28,8)30(53)17-47(22,46)7)11-14-31(44(23,2)3)65-43-40(37(59)34(56)27(20-51)64-43)66-41-38(60)35(57)32(54)25(18-49)62-41/h10,21-22,24-43,49-61H,9,11-20H2,1-8H3/t21-,22-,24-,25-,26-,27-,28+,29+,30-,31+,32-,33-,34-,35+,36+,37+,38-,39-,40-,41+,42+,43+,46+,47-,48+/m1/s1. The van der Waals surface area contributed by atoms with E-state index in [1.165, 1.54) is 0 Å². The summed E-state index contributed by atoms with van der Waals surface area (Å²) in [6, 6.07) is 0. The second-order valence-corrected chi connectivity index (χ2v) is 23.0. The molecule has 67 heavy (non-hydrogen) atoms. The van der Waals surface area contributed by atoms with Gasteiger partial charge in [-0.15, -0.1) is 0 Å². The molecular formula is C48H82O19. The van der Waals surface area contributed by atoms with Gasteiger partial charge in [0, 0.05) is 10.8 Å². The van der Waals surface area contributed by atoms with E-state index in [0.717, 1.165) is 24.8 Å². The second kappa shape index (κ2) is 19.8. The molecule has 0 aromatic rings. The maximum Gasteiger partial charge on any atom is 0.187 e. The lowest BCUT2D eigenvalue weighted by molar-refractivity contribution is -0.375. The van der Waals surface area contributed by atoms with Crippen molar-refractivity contribution < 1.29 is 94.8 Å². The minimum Gasteiger partial charge on any atom is -0.394 e. The first-order valence-electron chi connectivity index (χ1n) is 24.5. The molecule has 19 heteroatoms. The highest BCUT2D eigenvalue weighted by Crippen LogP contribution is 2.75. The summed E-state index contributed by atoms with van der Waals surface area (Å²) in [6.07, 6.45) is -17.2. The molecule has 7 rings (SSSR count). The first kappa shape index (κ1) is 53.8. The van der Waals surface area contributed by atoms with Crippen LogP contribution in [0.25, 0.3) is 0 Å². The molecule has 4 aliphatic carbocycles. The number of rotatable bonds is 14. The van der Waals surface area contributed by atoms with Gasteiger partial charge < -0.3 is 94.8 Å². The van der Waals surface area contributed by atoms with Gasteiger partial charge in [-0.1, -0.05) is 53.2 Å². The van der Waals surface area contributed by atoms with Gasteiger partial charge in [0.25, 0.3) is 0 Å². The summed E-state index contributed by atoms with van der Waals surface area (Å²) >= 11 is 0. The molecular weight excluding hydrogens is 881 g/mol. The van der Waals surface area contributed by atoms with E-state index >= 15 is 0 Å². The van der Waals surface area contributed by atoms with Crippen molar-refractivity contribution in [3.05, 3.63) is 11.6 Å². The summed E-state index contributed by atoms with van der Waals surface area (Å²) in [5.74, 6) is 0.558. The van der Waals surface area contributed by atoms with Gasteiger partial charge >= 0.3 is 0 Å². The molecule has 0 unspecified atom stereocenters. The van der Waals surface area contributed by atoms with Crippen LogP contribution in [0.2, 0.25) is 0 Å². The number of aliphatic hydroxyl groups excluding tert-OH is 13. The van der Waals surface area contributed by atoms with E-state index in [9.17, 15) is 66.4 Å². The first-order chi connectivity index (χ1) is 31.2. The zero-order valence-electron chi connectivity index (χ0n) is 40.3. The van der Waals surface area contributed by atoms with E-state index in [1.54, 1.807) is 13.8 Å². The van der Waals surface area contributed by atoms with Crippen molar-refractivity contribution in [3.8, 4) is 0 Å². The Balaban J connectivity index is 1.05. The van der Waals surface area contributed by atoms with Crippen molar-refractivity contribution in [1.29, 1.82) is 0 Å². The molecule has 388 valence electrons. The Bertz CT molecular complexity index is 1710. The molecule has 13 N–H and O–H groups in total. The Kier molecular flexibility index (Phi) is 15.9. The van der Waals surface area contributed by atoms with Gasteiger partial charge in [-0.25, -0.2) is 0 Å². The van der Waals surface area contributed by atoms with E-state index in [0.29, 0.717) is 32.1 Å². The summed E-state index contributed by atoms with van der Waals surface area (Å²) in [5.41, 5.74) is -1.57. The number of allylic oxidation sites excluding steroid dienone is 1. The molecule has 0 radical (unpaired) electrons. The lowest BCUT2D eigenvalue weighted by atomic mass is 9.38. The number of fused-ring (bicyclic) bond motifs is 5. The largest absolute Gasteiger partial charge is 0.394 e. The highest BCUT2D eigenvalue weighted by Gasteiger charge is 2.70. The highest BCUT2D eigenvalue weighted by atomic mass is 16.8. The molecule has 7 aliphatic rings. The zero-order valence-corrected chi connectivity index (χ0v) is 40.3. The van der Waals surface area contributed by atoms with Gasteiger partial charge in [0.15, 0.2) is 18.9 Å². The van der Waals surface area contributed by atoms with Crippen LogP contribution in [0.1, 0.15) is 107 Å². The first-order valence-corrected chi connectivity index (χ1v) is 24.5. The average molecular weight is 963 g/mol. The minimum atomic E-state index is -1.79. The van der Waals surface area contributed by atoms with Crippen molar-refractivity contribution in [1.82, 2.24) is 0 Å². The number of hydrogen-bond donors (Lipinski definition) is 13. The van der Waals surface area contributed by atoms with E-state index < -0.39 is 147 Å². The van der Waals surface area contributed by atoms with Crippen LogP contribution in [0.15, 0.2) is 11.6 Å². The monoisotopic (exact) mass is 963 g/mol. The lowest BCUT2D eigenvalue weighted by Gasteiger charge is -2.67. The van der Waals surface area contributed by atoms with Crippen molar-refractivity contribution in [3.63, 3.8) is 0 Å². The SMILES string of the molecule is C[C@H](CC[C@H](O)C(C)(C)O[C@@H]1O[C@H](CO)[C@@H](O)[C@H](O)[C@H]1O)[C@H]1CC[C@@]2(C)[C@@H]3CC=C4[C@@H](CC[C@H](O[C@@H]5O[C@H](CO)[C@@H](O)[C@H](O)[C@H]5O[C@@H]5O[C@H](CO)[C@@H](O)[C@H](O)[C@H]5O)C4(C)C)[C@]3(C)[C@H](O)C[C@]12C. The molecule has 3 aliphatic heterocycles. The minimum absolute atomic E-state index is 0.000984. The summed E-state index contributed by atoms with van der Waals surface area (Å²) in [6.45, 7) is 14.7. The summed E-state index contributed by atoms with van der Waals surface area (Å²) < 4.78 is 35.9. The fourth-order valence-corrected chi connectivity index (χ4v) is 14.2. The maximum atomic E-state index is 12.6. The Hall–Kier alpha value is -1.02. The van der Waals surface area contributed by atoms with E-state index in [-0.39, 0.29) is 34.5 Å². The van der Waals surface area contributed by atoms with Gasteiger partial charge in [-0.2, -0.15) is 0 Å². The number of hydrogen-bond acceptors (Lipinski definition) is 19. The van der Waals surface area contributed by atoms with Gasteiger partial charge in [0.05, 0.1) is 43.7 Å². The van der Waals surface area contributed by atoms with Gasteiger partial charge in [-0.3, -0.25) is 0 Å². The Morgan fingerprint density at radius 3 is 1.78 bits per heavy atom. The molecule has 0 bridgehead atoms. The number of ether oxygens (including phenoxy) is 6. The Morgan fingerprint density at radius 2 is 1.19 bits per heavy atom. The number of aliphatic hydroxyl groups is 13. The summed E-state index contributed by atoms with van der Waals surface area (Å²) in [4.78, 5) is 0.